The monoisotopic (exact) mass is 319 g/mol. The van der Waals surface area contributed by atoms with Gasteiger partial charge in [0.15, 0.2) is 0 Å². The third kappa shape index (κ3) is 2.74. The molecule has 0 fully saturated rings. The molecule has 0 bridgehead atoms. The number of anilines is 1. The summed E-state index contributed by atoms with van der Waals surface area (Å²) in [7, 11) is 0. The zero-order valence-corrected chi connectivity index (χ0v) is 13.3. The van der Waals surface area contributed by atoms with E-state index in [0.29, 0.717) is 10.0 Å². The van der Waals surface area contributed by atoms with Crippen molar-refractivity contribution in [1.82, 2.24) is 0 Å². The fraction of sp³-hybridized carbons (Fsp3) is 0.176. The molecule has 2 aromatic carbocycles. The average molecular weight is 320 g/mol. The summed E-state index contributed by atoms with van der Waals surface area (Å²) < 4.78 is 5.97. The normalized spacial score (nSPS) is 12.6. The molecule has 108 valence electrons. The van der Waals surface area contributed by atoms with Crippen molar-refractivity contribution in [1.29, 1.82) is 0 Å². The summed E-state index contributed by atoms with van der Waals surface area (Å²) in [5.74, 6) is 0.933. The number of aryl methyl sites for hydroxylation is 1. The number of benzene rings is 2. The molecule has 2 nitrogen and oxygen atoms in total. The molecule has 1 unspecified atom stereocenters. The first-order chi connectivity index (χ1) is 10.1. The second-order valence-corrected chi connectivity index (χ2v) is 5.90. The van der Waals surface area contributed by atoms with Gasteiger partial charge in [0.05, 0.1) is 16.1 Å². The number of nitrogens with one attached hydrogen (secondary N) is 1. The van der Waals surface area contributed by atoms with Gasteiger partial charge in [-0.05, 0) is 38.1 Å². The minimum Gasteiger partial charge on any atom is -0.459 e. The fourth-order valence-electron chi connectivity index (χ4n) is 2.51. The fourth-order valence-corrected chi connectivity index (χ4v) is 2.81. The molecule has 1 N–H and O–H groups in total. The van der Waals surface area contributed by atoms with Crippen LogP contribution in [0.4, 0.5) is 5.69 Å². The SMILES string of the molecule is Cc1c(C(C)Nc2ccc(Cl)c(Cl)c2)oc2ccccc12. The van der Waals surface area contributed by atoms with Crippen LogP contribution in [0.3, 0.4) is 0 Å². The van der Waals surface area contributed by atoms with Crippen LogP contribution in [0.25, 0.3) is 11.0 Å². The van der Waals surface area contributed by atoms with Gasteiger partial charge in [0.2, 0.25) is 0 Å². The van der Waals surface area contributed by atoms with Crippen LogP contribution >= 0.6 is 23.2 Å². The molecule has 1 atom stereocenters. The maximum absolute atomic E-state index is 6.04. The minimum atomic E-state index is 0.0367. The molecule has 3 rings (SSSR count). The van der Waals surface area contributed by atoms with E-state index >= 15 is 0 Å². The first-order valence-electron chi connectivity index (χ1n) is 6.76. The van der Waals surface area contributed by atoms with Crippen molar-refractivity contribution in [2.24, 2.45) is 0 Å². The quantitative estimate of drug-likeness (QED) is 0.619. The Balaban J connectivity index is 1.91. The van der Waals surface area contributed by atoms with Crippen LogP contribution < -0.4 is 5.32 Å². The summed E-state index contributed by atoms with van der Waals surface area (Å²) in [6, 6.07) is 13.6. The van der Waals surface area contributed by atoms with Crippen molar-refractivity contribution in [3.05, 3.63) is 63.8 Å². The Bertz CT molecular complexity index is 795. The van der Waals surface area contributed by atoms with Crippen LogP contribution in [-0.4, -0.2) is 0 Å². The van der Waals surface area contributed by atoms with Crippen LogP contribution in [0, 0.1) is 6.92 Å². The minimum absolute atomic E-state index is 0.0367. The maximum atomic E-state index is 6.04. The lowest BCUT2D eigenvalue weighted by molar-refractivity contribution is 0.522. The zero-order chi connectivity index (χ0) is 15.0. The van der Waals surface area contributed by atoms with Gasteiger partial charge in [-0.1, -0.05) is 41.4 Å². The van der Waals surface area contributed by atoms with Gasteiger partial charge in [0.25, 0.3) is 0 Å². The zero-order valence-electron chi connectivity index (χ0n) is 11.8. The summed E-state index contributed by atoms with van der Waals surface area (Å²) in [4.78, 5) is 0. The van der Waals surface area contributed by atoms with E-state index in [0.717, 1.165) is 28.0 Å². The Hall–Kier alpha value is -1.64. The van der Waals surface area contributed by atoms with Crippen molar-refractivity contribution in [3.8, 4) is 0 Å². The molecule has 0 aliphatic heterocycles. The summed E-state index contributed by atoms with van der Waals surface area (Å²) in [5, 5.41) is 5.63. The van der Waals surface area contributed by atoms with Crippen molar-refractivity contribution >= 4 is 39.9 Å². The Labute approximate surface area is 133 Å². The van der Waals surface area contributed by atoms with E-state index in [-0.39, 0.29) is 6.04 Å². The van der Waals surface area contributed by atoms with Gasteiger partial charge in [0, 0.05) is 16.6 Å². The van der Waals surface area contributed by atoms with E-state index in [1.165, 1.54) is 0 Å². The van der Waals surface area contributed by atoms with Crippen LogP contribution in [0.2, 0.25) is 10.0 Å². The van der Waals surface area contributed by atoms with Gasteiger partial charge < -0.3 is 9.73 Å². The number of fused-ring (bicyclic) bond motifs is 1. The van der Waals surface area contributed by atoms with E-state index in [1.54, 1.807) is 6.07 Å². The molecule has 0 amide bonds. The molecular formula is C17H15Cl2NO. The van der Waals surface area contributed by atoms with Crippen LogP contribution in [-0.2, 0) is 0 Å². The lowest BCUT2D eigenvalue weighted by atomic mass is 10.1. The third-order valence-electron chi connectivity index (χ3n) is 3.58. The third-order valence-corrected chi connectivity index (χ3v) is 4.32. The Kier molecular flexibility index (Phi) is 3.83. The smallest absolute Gasteiger partial charge is 0.134 e. The number of halogens is 2. The van der Waals surface area contributed by atoms with E-state index in [1.807, 2.05) is 30.3 Å². The van der Waals surface area contributed by atoms with E-state index in [2.05, 4.69) is 25.2 Å². The van der Waals surface area contributed by atoms with E-state index < -0.39 is 0 Å². The number of rotatable bonds is 3. The van der Waals surface area contributed by atoms with E-state index in [9.17, 15) is 0 Å². The van der Waals surface area contributed by atoms with Gasteiger partial charge in [-0.15, -0.1) is 0 Å². The van der Waals surface area contributed by atoms with Crippen LogP contribution in [0.5, 0.6) is 0 Å². The molecule has 21 heavy (non-hydrogen) atoms. The predicted octanol–water partition coefficient (Wildman–Crippen LogP) is 6.22. The molecule has 1 aromatic heterocycles. The molecule has 0 radical (unpaired) electrons. The first-order valence-corrected chi connectivity index (χ1v) is 7.51. The van der Waals surface area contributed by atoms with Gasteiger partial charge in [-0.25, -0.2) is 0 Å². The number of hydrogen-bond acceptors (Lipinski definition) is 2. The topological polar surface area (TPSA) is 25.2 Å². The molecule has 4 heteroatoms. The van der Waals surface area contributed by atoms with Crippen molar-refractivity contribution in [2.45, 2.75) is 19.9 Å². The average Bonchev–Trinajstić information content (AvgIpc) is 2.81. The lowest BCUT2D eigenvalue weighted by Crippen LogP contribution is -2.06. The highest BCUT2D eigenvalue weighted by Gasteiger charge is 2.16. The second kappa shape index (κ2) is 5.63. The van der Waals surface area contributed by atoms with Crippen molar-refractivity contribution in [3.63, 3.8) is 0 Å². The van der Waals surface area contributed by atoms with Crippen LogP contribution in [0.1, 0.15) is 24.3 Å². The molecule has 0 aliphatic rings. The summed E-state index contributed by atoms with van der Waals surface area (Å²) in [6.07, 6.45) is 0. The number of furan rings is 1. The Morgan fingerprint density at radius 3 is 2.52 bits per heavy atom. The highest BCUT2D eigenvalue weighted by atomic mass is 35.5. The number of hydrogen-bond donors (Lipinski definition) is 1. The highest BCUT2D eigenvalue weighted by molar-refractivity contribution is 6.42. The second-order valence-electron chi connectivity index (χ2n) is 5.08. The largest absolute Gasteiger partial charge is 0.459 e. The predicted molar refractivity (Wildman–Crippen MR) is 89.5 cm³/mol. The van der Waals surface area contributed by atoms with Gasteiger partial charge >= 0.3 is 0 Å². The first kappa shape index (κ1) is 14.3. The number of para-hydroxylation sites is 1. The van der Waals surface area contributed by atoms with Crippen molar-refractivity contribution < 1.29 is 4.42 Å². The maximum Gasteiger partial charge on any atom is 0.134 e. The molecule has 0 saturated heterocycles. The molecular weight excluding hydrogens is 305 g/mol. The van der Waals surface area contributed by atoms with Crippen LogP contribution in [0.15, 0.2) is 46.9 Å². The molecule has 0 aliphatic carbocycles. The van der Waals surface area contributed by atoms with Gasteiger partial charge in [-0.2, -0.15) is 0 Å². The summed E-state index contributed by atoms with van der Waals surface area (Å²) in [5.41, 5.74) is 2.98. The van der Waals surface area contributed by atoms with Gasteiger partial charge in [-0.3, -0.25) is 0 Å². The molecule has 3 aromatic rings. The molecule has 0 spiro atoms. The standard InChI is InChI=1S/C17H15Cl2NO/c1-10-13-5-3-4-6-16(13)21-17(10)11(2)20-12-7-8-14(18)15(19)9-12/h3-9,11,20H,1-2H3. The molecule has 0 saturated carbocycles. The van der Waals surface area contributed by atoms with Crippen molar-refractivity contribution in [2.75, 3.05) is 5.32 Å². The highest BCUT2D eigenvalue weighted by Crippen LogP contribution is 2.32. The Morgan fingerprint density at radius 2 is 1.81 bits per heavy atom. The Morgan fingerprint density at radius 1 is 1.05 bits per heavy atom. The lowest BCUT2D eigenvalue weighted by Gasteiger charge is -2.14. The summed E-state index contributed by atoms with van der Waals surface area (Å²) in [6.45, 7) is 4.14. The van der Waals surface area contributed by atoms with E-state index in [4.69, 9.17) is 27.6 Å². The van der Waals surface area contributed by atoms with Gasteiger partial charge in [0.1, 0.15) is 11.3 Å². The molecule has 1 heterocycles. The summed E-state index contributed by atoms with van der Waals surface area (Å²) >= 11 is 12.0.